The first-order valence-corrected chi connectivity index (χ1v) is 11.6. The first-order chi connectivity index (χ1) is 15.1. The van der Waals surface area contributed by atoms with E-state index in [2.05, 4.69) is 5.32 Å². The van der Waals surface area contributed by atoms with E-state index in [1.807, 2.05) is 0 Å². The molecule has 3 rings (SSSR count). The van der Waals surface area contributed by atoms with Gasteiger partial charge in [0, 0.05) is 37.3 Å². The summed E-state index contributed by atoms with van der Waals surface area (Å²) < 4.78 is 32.9. The normalized spacial score (nSPS) is 14.2. The molecule has 1 amide bonds. The number of benzene rings is 2. The van der Waals surface area contributed by atoms with E-state index in [1.165, 1.54) is 34.5 Å². The molecule has 0 atom stereocenters. The van der Waals surface area contributed by atoms with E-state index in [-0.39, 0.29) is 22.8 Å². The number of carbonyl (C=O) groups is 1. The standard InChI is InChI=1S/C20H23ClN4O6S/c1-23(13-20(26)22-16-11-14(21)5-8-18(16)31-2)17-7-6-15(25(27)28)12-19(17)32(29,30)24-9-3-4-10-24/h5-8,11-12H,3-4,9-10,13H2,1-2H3,(H,22,26). The van der Waals surface area contributed by atoms with Gasteiger partial charge in [0.2, 0.25) is 15.9 Å². The second kappa shape index (κ2) is 9.72. The number of anilines is 2. The first-order valence-electron chi connectivity index (χ1n) is 9.76. The van der Waals surface area contributed by atoms with E-state index in [0.717, 1.165) is 18.9 Å². The number of ether oxygens (including phenoxy) is 1. The van der Waals surface area contributed by atoms with Crippen LogP contribution in [0.15, 0.2) is 41.3 Å². The Hall–Kier alpha value is -2.89. The average Bonchev–Trinajstić information content (AvgIpc) is 3.29. The summed E-state index contributed by atoms with van der Waals surface area (Å²) >= 11 is 5.99. The third-order valence-corrected chi connectivity index (χ3v) is 7.23. The second-order valence-corrected chi connectivity index (χ2v) is 9.61. The van der Waals surface area contributed by atoms with Crippen molar-refractivity contribution in [2.45, 2.75) is 17.7 Å². The summed E-state index contributed by atoms with van der Waals surface area (Å²) in [5.74, 6) is -0.0334. The molecule has 0 radical (unpaired) electrons. The molecule has 0 bridgehead atoms. The maximum atomic E-state index is 13.2. The summed E-state index contributed by atoms with van der Waals surface area (Å²) in [5, 5.41) is 14.3. The lowest BCUT2D eigenvalue weighted by Gasteiger charge is -2.24. The summed E-state index contributed by atoms with van der Waals surface area (Å²) in [6.45, 7) is 0.489. The van der Waals surface area contributed by atoms with Crippen molar-refractivity contribution in [3.05, 3.63) is 51.5 Å². The van der Waals surface area contributed by atoms with Crippen LogP contribution in [0, 0.1) is 10.1 Å². The molecule has 0 aliphatic carbocycles. The van der Waals surface area contributed by atoms with Crippen molar-refractivity contribution < 1.29 is 22.9 Å². The molecule has 0 aromatic heterocycles. The van der Waals surface area contributed by atoms with Gasteiger partial charge >= 0.3 is 0 Å². The molecule has 2 aromatic rings. The van der Waals surface area contributed by atoms with Crippen molar-refractivity contribution in [2.75, 3.05) is 44.0 Å². The van der Waals surface area contributed by atoms with Gasteiger partial charge in [-0.25, -0.2) is 8.42 Å². The van der Waals surface area contributed by atoms with Crippen LogP contribution in [0.25, 0.3) is 0 Å². The molecule has 172 valence electrons. The van der Waals surface area contributed by atoms with Crippen LogP contribution in [0.2, 0.25) is 5.02 Å². The fourth-order valence-electron chi connectivity index (χ4n) is 3.47. The minimum atomic E-state index is -3.96. The van der Waals surface area contributed by atoms with Gasteiger partial charge in [-0.05, 0) is 37.1 Å². The number of carbonyl (C=O) groups excluding carboxylic acids is 1. The van der Waals surface area contributed by atoms with Crippen LogP contribution in [-0.4, -0.2) is 57.3 Å². The highest BCUT2D eigenvalue weighted by Crippen LogP contribution is 2.33. The Labute approximate surface area is 190 Å². The largest absolute Gasteiger partial charge is 0.495 e. The number of nitro benzene ring substituents is 1. The zero-order chi connectivity index (χ0) is 23.5. The molecule has 0 spiro atoms. The van der Waals surface area contributed by atoms with Crippen LogP contribution in [0.3, 0.4) is 0 Å². The predicted octanol–water partition coefficient (Wildman–Crippen LogP) is 3.12. The number of nitro groups is 1. The molecule has 0 saturated carbocycles. The Morgan fingerprint density at radius 1 is 1.25 bits per heavy atom. The minimum absolute atomic E-state index is 0.190. The molecule has 10 nitrogen and oxygen atoms in total. The van der Waals surface area contributed by atoms with Gasteiger partial charge < -0.3 is 15.0 Å². The molecular formula is C20H23ClN4O6S. The third kappa shape index (κ3) is 5.12. The molecule has 12 heteroatoms. The highest BCUT2D eigenvalue weighted by molar-refractivity contribution is 7.89. The highest BCUT2D eigenvalue weighted by atomic mass is 35.5. The Balaban J connectivity index is 1.89. The SMILES string of the molecule is COc1ccc(Cl)cc1NC(=O)CN(C)c1ccc([N+](=O)[O-])cc1S(=O)(=O)N1CCCC1. The lowest BCUT2D eigenvalue weighted by atomic mass is 10.2. The van der Waals surface area contributed by atoms with Crippen LogP contribution in [-0.2, 0) is 14.8 Å². The number of methoxy groups -OCH3 is 1. The number of sulfonamides is 1. The Morgan fingerprint density at radius 2 is 1.94 bits per heavy atom. The van der Waals surface area contributed by atoms with Gasteiger partial charge in [0.25, 0.3) is 5.69 Å². The van der Waals surface area contributed by atoms with Crippen LogP contribution < -0.4 is 15.0 Å². The minimum Gasteiger partial charge on any atom is -0.495 e. The Kier molecular flexibility index (Phi) is 7.22. The van der Waals surface area contributed by atoms with Crippen molar-refractivity contribution in [3.8, 4) is 5.75 Å². The van der Waals surface area contributed by atoms with Crippen molar-refractivity contribution in [1.29, 1.82) is 0 Å². The first kappa shape index (κ1) is 23.8. The quantitative estimate of drug-likeness (QED) is 0.453. The van der Waals surface area contributed by atoms with Gasteiger partial charge in [-0.3, -0.25) is 14.9 Å². The van der Waals surface area contributed by atoms with Crippen molar-refractivity contribution >= 4 is 44.6 Å². The van der Waals surface area contributed by atoms with Crippen molar-refractivity contribution in [1.82, 2.24) is 4.31 Å². The molecule has 1 fully saturated rings. The lowest BCUT2D eigenvalue weighted by molar-refractivity contribution is -0.385. The maximum absolute atomic E-state index is 13.2. The molecule has 2 aromatic carbocycles. The molecular weight excluding hydrogens is 460 g/mol. The molecule has 1 aliphatic heterocycles. The van der Waals surface area contributed by atoms with Crippen LogP contribution in [0.1, 0.15) is 12.8 Å². The zero-order valence-electron chi connectivity index (χ0n) is 17.6. The number of rotatable bonds is 8. The van der Waals surface area contributed by atoms with Crippen molar-refractivity contribution in [2.24, 2.45) is 0 Å². The second-order valence-electron chi connectivity index (χ2n) is 7.27. The number of nitrogens with zero attached hydrogens (tertiary/aromatic N) is 3. The van der Waals surface area contributed by atoms with E-state index in [0.29, 0.717) is 29.5 Å². The predicted molar refractivity (Wildman–Crippen MR) is 121 cm³/mol. The fourth-order valence-corrected chi connectivity index (χ4v) is 5.42. The van der Waals surface area contributed by atoms with E-state index in [9.17, 15) is 23.3 Å². The van der Waals surface area contributed by atoms with Crippen LogP contribution >= 0.6 is 11.6 Å². The van der Waals surface area contributed by atoms with E-state index < -0.39 is 20.9 Å². The Morgan fingerprint density at radius 3 is 2.56 bits per heavy atom. The van der Waals surface area contributed by atoms with E-state index in [1.54, 1.807) is 19.2 Å². The van der Waals surface area contributed by atoms with Gasteiger partial charge in [-0.1, -0.05) is 11.6 Å². The highest BCUT2D eigenvalue weighted by Gasteiger charge is 2.32. The van der Waals surface area contributed by atoms with E-state index in [4.69, 9.17) is 16.3 Å². The molecule has 1 N–H and O–H groups in total. The van der Waals surface area contributed by atoms with Crippen molar-refractivity contribution in [3.63, 3.8) is 0 Å². The van der Waals surface area contributed by atoms with Gasteiger partial charge in [-0.2, -0.15) is 4.31 Å². The number of non-ortho nitro benzene ring substituents is 1. The van der Waals surface area contributed by atoms with Crippen LogP contribution in [0.5, 0.6) is 5.75 Å². The molecule has 1 aliphatic rings. The number of amides is 1. The zero-order valence-corrected chi connectivity index (χ0v) is 19.1. The summed E-state index contributed by atoms with van der Waals surface area (Å²) in [7, 11) is -0.967. The van der Waals surface area contributed by atoms with Crippen LogP contribution in [0.4, 0.5) is 17.1 Å². The maximum Gasteiger partial charge on any atom is 0.270 e. The number of likely N-dealkylation sites (N-methyl/N-ethyl adjacent to an activating group) is 1. The summed E-state index contributed by atoms with van der Waals surface area (Å²) in [6.07, 6.45) is 1.45. The molecule has 1 heterocycles. The summed E-state index contributed by atoms with van der Waals surface area (Å²) in [6, 6.07) is 8.36. The number of nitrogens with one attached hydrogen (secondary N) is 1. The molecule has 32 heavy (non-hydrogen) atoms. The monoisotopic (exact) mass is 482 g/mol. The van der Waals surface area contributed by atoms with Gasteiger partial charge in [0.15, 0.2) is 0 Å². The fraction of sp³-hybridized carbons (Fsp3) is 0.350. The lowest BCUT2D eigenvalue weighted by Crippen LogP contribution is -2.33. The van der Waals surface area contributed by atoms with E-state index >= 15 is 0 Å². The van der Waals surface area contributed by atoms with Gasteiger partial charge in [0.05, 0.1) is 30.0 Å². The summed E-state index contributed by atoms with van der Waals surface area (Å²) in [5.41, 5.74) is 0.218. The number of hydrogen-bond donors (Lipinski definition) is 1. The smallest absolute Gasteiger partial charge is 0.270 e. The average molecular weight is 483 g/mol. The number of halogens is 1. The number of hydrogen-bond acceptors (Lipinski definition) is 7. The topological polar surface area (TPSA) is 122 Å². The Bertz CT molecular complexity index is 1130. The van der Waals surface area contributed by atoms with Gasteiger partial charge in [0.1, 0.15) is 10.6 Å². The third-order valence-electron chi connectivity index (χ3n) is 5.06. The van der Waals surface area contributed by atoms with Gasteiger partial charge in [-0.15, -0.1) is 0 Å². The molecule has 1 saturated heterocycles. The summed E-state index contributed by atoms with van der Waals surface area (Å²) in [4.78, 5) is 24.5. The molecule has 0 unspecified atom stereocenters.